The third-order valence-electron chi connectivity index (χ3n) is 6.04. The molecule has 1 aromatic heterocycles. The van der Waals surface area contributed by atoms with Gasteiger partial charge in [-0.15, -0.1) is 11.3 Å². The zero-order valence-electron chi connectivity index (χ0n) is 20.0. The molecule has 2 aromatic carbocycles. The van der Waals surface area contributed by atoms with Crippen LogP contribution in [0, 0.1) is 11.6 Å². The summed E-state index contributed by atoms with van der Waals surface area (Å²) in [5.74, 6) is -1.16. The van der Waals surface area contributed by atoms with Crippen molar-refractivity contribution in [3.63, 3.8) is 0 Å². The molecule has 1 aliphatic rings. The van der Waals surface area contributed by atoms with Gasteiger partial charge in [0.25, 0.3) is 5.91 Å². The number of halogens is 2. The largest absolute Gasteiger partial charge is 0.491 e. The smallest absolute Gasteiger partial charge is 0.254 e. The third kappa shape index (κ3) is 5.70. The van der Waals surface area contributed by atoms with Gasteiger partial charge in [0, 0.05) is 28.6 Å². The van der Waals surface area contributed by atoms with Crippen LogP contribution in [-0.2, 0) is 11.2 Å². The van der Waals surface area contributed by atoms with E-state index in [9.17, 15) is 18.4 Å². The quantitative estimate of drug-likeness (QED) is 0.453. The highest BCUT2D eigenvalue weighted by Crippen LogP contribution is 2.34. The van der Waals surface area contributed by atoms with Gasteiger partial charge >= 0.3 is 0 Å². The van der Waals surface area contributed by atoms with Crippen molar-refractivity contribution < 1.29 is 23.1 Å². The summed E-state index contributed by atoms with van der Waals surface area (Å²) in [6, 6.07) is 13.0. The van der Waals surface area contributed by atoms with E-state index in [0.717, 1.165) is 5.56 Å². The summed E-state index contributed by atoms with van der Waals surface area (Å²) >= 11 is 1.64. The molecule has 0 fully saturated rings. The molecule has 35 heavy (non-hydrogen) atoms. The molecule has 0 radical (unpaired) electrons. The van der Waals surface area contributed by atoms with Crippen molar-refractivity contribution >= 4 is 23.2 Å². The predicted molar refractivity (Wildman–Crippen MR) is 132 cm³/mol. The number of ether oxygens (including phenoxy) is 1. The van der Waals surface area contributed by atoms with Crippen molar-refractivity contribution in [1.29, 1.82) is 0 Å². The molecular weight excluding hydrogens is 470 g/mol. The van der Waals surface area contributed by atoms with E-state index in [4.69, 9.17) is 4.74 Å². The van der Waals surface area contributed by atoms with Crippen LogP contribution < -0.4 is 4.74 Å². The van der Waals surface area contributed by atoms with Crippen molar-refractivity contribution in [2.75, 3.05) is 19.7 Å². The minimum absolute atomic E-state index is 0.158. The highest BCUT2D eigenvalue weighted by molar-refractivity contribution is 7.10. The van der Waals surface area contributed by atoms with E-state index in [-0.39, 0.29) is 30.7 Å². The molecule has 1 atom stereocenters. The maximum Gasteiger partial charge on any atom is 0.254 e. The summed E-state index contributed by atoms with van der Waals surface area (Å²) in [5.41, 5.74) is 0.526. The second-order valence-electron chi connectivity index (χ2n) is 9.49. The molecule has 184 valence electrons. The molecule has 5 nitrogen and oxygen atoms in total. The molecule has 0 saturated carbocycles. The average molecular weight is 499 g/mol. The van der Waals surface area contributed by atoms with Gasteiger partial charge in [-0.05, 0) is 74.5 Å². The minimum Gasteiger partial charge on any atom is -0.491 e. The summed E-state index contributed by atoms with van der Waals surface area (Å²) in [6.45, 7) is 6.01. The Balaban J connectivity index is 1.57. The van der Waals surface area contributed by atoms with Gasteiger partial charge in [-0.3, -0.25) is 9.59 Å². The van der Waals surface area contributed by atoms with Gasteiger partial charge in [-0.25, -0.2) is 8.78 Å². The van der Waals surface area contributed by atoms with Crippen LogP contribution >= 0.6 is 11.3 Å². The van der Waals surface area contributed by atoms with Crippen LogP contribution in [0.3, 0.4) is 0 Å². The molecule has 0 aliphatic carbocycles. The zero-order chi connectivity index (χ0) is 25.2. The first-order chi connectivity index (χ1) is 16.6. The molecule has 0 saturated heterocycles. The predicted octanol–water partition coefficient (Wildman–Crippen LogP) is 5.47. The Labute approximate surface area is 207 Å². The van der Waals surface area contributed by atoms with Crippen LogP contribution in [0.5, 0.6) is 5.75 Å². The van der Waals surface area contributed by atoms with E-state index < -0.39 is 23.1 Å². The number of amides is 2. The lowest BCUT2D eigenvalue weighted by atomic mass is 9.99. The van der Waals surface area contributed by atoms with E-state index in [1.165, 1.54) is 40.1 Å². The summed E-state index contributed by atoms with van der Waals surface area (Å²) in [4.78, 5) is 31.3. The molecule has 0 N–H and O–H groups in total. The normalized spacial score (nSPS) is 15.5. The number of fused-ring (bicyclic) bond motifs is 1. The number of hydrogen-bond donors (Lipinski definition) is 0. The fourth-order valence-electron chi connectivity index (χ4n) is 4.22. The van der Waals surface area contributed by atoms with Crippen LogP contribution in [-0.4, -0.2) is 46.8 Å². The fourth-order valence-corrected chi connectivity index (χ4v) is 5.15. The molecule has 0 spiro atoms. The van der Waals surface area contributed by atoms with Crippen molar-refractivity contribution in [3.05, 3.63) is 87.6 Å². The summed E-state index contributed by atoms with van der Waals surface area (Å²) < 4.78 is 33.3. The molecule has 2 heterocycles. The molecule has 0 bridgehead atoms. The van der Waals surface area contributed by atoms with Gasteiger partial charge in [0.05, 0.1) is 6.04 Å². The van der Waals surface area contributed by atoms with Crippen molar-refractivity contribution in [1.82, 2.24) is 9.80 Å². The number of benzene rings is 2. The van der Waals surface area contributed by atoms with E-state index in [0.29, 0.717) is 18.7 Å². The van der Waals surface area contributed by atoms with Crippen LogP contribution in [0.15, 0.2) is 60.0 Å². The topological polar surface area (TPSA) is 49.9 Å². The maximum absolute atomic E-state index is 13.8. The first kappa shape index (κ1) is 24.9. The number of carbonyl (C=O) groups excluding carboxylic acids is 2. The summed E-state index contributed by atoms with van der Waals surface area (Å²) in [7, 11) is 0. The van der Waals surface area contributed by atoms with Gasteiger partial charge in [-0.2, -0.15) is 0 Å². The molecule has 8 heteroatoms. The Morgan fingerprint density at radius 3 is 2.49 bits per heavy atom. The van der Waals surface area contributed by atoms with Gasteiger partial charge in [0.15, 0.2) is 0 Å². The van der Waals surface area contributed by atoms with Gasteiger partial charge < -0.3 is 14.5 Å². The highest BCUT2D eigenvalue weighted by atomic mass is 32.1. The van der Waals surface area contributed by atoms with Crippen LogP contribution in [0.2, 0.25) is 0 Å². The Morgan fingerprint density at radius 2 is 1.80 bits per heavy atom. The van der Waals surface area contributed by atoms with Gasteiger partial charge in [0.2, 0.25) is 5.91 Å². The Bertz CT molecular complexity index is 1220. The van der Waals surface area contributed by atoms with Crippen molar-refractivity contribution in [2.45, 2.75) is 38.8 Å². The Kier molecular flexibility index (Phi) is 7.21. The van der Waals surface area contributed by atoms with E-state index in [2.05, 4.69) is 0 Å². The average Bonchev–Trinajstić information content (AvgIpc) is 3.29. The van der Waals surface area contributed by atoms with Gasteiger partial charge in [0.1, 0.15) is 30.5 Å². The maximum atomic E-state index is 13.8. The second kappa shape index (κ2) is 10.2. The standard InChI is InChI=1S/C27H28F2N2O3S/c1-27(2,3)31(26(33)18-6-4-7-19(28)14-18)16-25(32)30-12-10-24-22(11-13-35-24)23(30)17-34-21-9-5-8-20(29)15-21/h4-9,11,13-15,23H,10,12,16-17H2,1-3H3/t23-/m0/s1. The highest BCUT2D eigenvalue weighted by Gasteiger charge is 2.36. The number of nitrogens with zero attached hydrogens (tertiary/aromatic N) is 2. The molecular formula is C27H28F2N2O3S. The first-order valence-corrected chi connectivity index (χ1v) is 12.3. The molecule has 2 amide bonds. The van der Waals surface area contributed by atoms with Crippen molar-refractivity contribution in [3.8, 4) is 5.75 Å². The van der Waals surface area contributed by atoms with Crippen LogP contribution in [0.4, 0.5) is 8.78 Å². The molecule has 1 aliphatic heterocycles. The van der Waals surface area contributed by atoms with Gasteiger partial charge in [-0.1, -0.05) is 12.1 Å². The van der Waals surface area contributed by atoms with E-state index in [1.807, 2.05) is 32.2 Å². The van der Waals surface area contributed by atoms with E-state index in [1.54, 1.807) is 34.4 Å². The number of carbonyl (C=O) groups is 2. The molecule has 4 rings (SSSR count). The number of thiophene rings is 1. The molecule has 0 unspecified atom stereocenters. The monoisotopic (exact) mass is 498 g/mol. The van der Waals surface area contributed by atoms with Crippen LogP contribution in [0.25, 0.3) is 0 Å². The second-order valence-corrected chi connectivity index (χ2v) is 10.5. The minimum atomic E-state index is -0.671. The number of hydrogen-bond acceptors (Lipinski definition) is 4. The zero-order valence-corrected chi connectivity index (χ0v) is 20.8. The Morgan fingerprint density at radius 1 is 1.09 bits per heavy atom. The number of rotatable bonds is 6. The van der Waals surface area contributed by atoms with Crippen molar-refractivity contribution in [2.24, 2.45) is 0 Å². The first-order valence-electron chi connectivity index (χ1n) is 11.4. The summed E-state index contributed by atoms with van der Waals surface area (Å²) in [6.07, 6.45) is 0.711. The lowest BCUT2D eigenvalue weighted by Gasteiger charge is -2.40. The lowest BCUT2D eigenvalue weighted by molar-refractivity contribution is -0.136. The molecule has 3 aromatic rings. The third-order valence-corrected chi connectivity index (χ3v) is 7.04. The Hall–Kier alpha value is -3.26. The van der Waals surface area contributed by atoms with E-state index >= 15 is 0 Å². The lowest BCUT2D eigenvalue weighted by Crippen LogP contribution is -2.53. The van der Waals surface area contributed by atoms with Crippen LogP contribution in [0.1, 0.15) is 47.6 Å². The summed E-state index contributed by atoms with van der Waals surface area (Å²) in [5, 5.41) is 1.99. The fraction of sp³-hybridized carbons (Fsp3) is 0.333. The SMILES string of the molecule is CC(C)(C)N(CC(=O)N1CCc2sccc2[C@@H]1COc1cccc(F)c1)C(=O)c1cccc(F)c1.